The molecule has 1 amide bonds. The van der Waals surface area contributed by atoms with Gasteiger partial charge in [-0.05, 0) is 72.9 Å². The van der Waals surface area contributed by atoms with Crippen molar-refractivity contribution in [2.24, 2.45) is 23.7 Å². The summed E-state index contributed by atoms with van der Waals surface area (Å²) < 4.78 is 36.8. The molecule has 0 spiro atoms. The number of nitrogens with one attached hydrogen (secondary N) is 1. The van der Waals surface area contributed by atoms with Crippen molar-refractivity contribution < 1.29 is 52.4 Å². The van der Waals surface area contributed by atoms with Crippen LogP contribution in [0.1, 0.15) is 81.6 Å². The highest BCUT2D eigenvalue weighted by Gasteiger charge is 2.57. The molecule has 13 nitrogen and oxygen atoms in total. The normalized spacial score (nSPS) is 39.9. The van der Waals surface area contributed by atoms with Gasteiger partial charge in [0.15, 0.2) is 23.8 Å². The van der Waals surface area contributed by atoms with Crippen molar-refractivity contribution in [1.29, 1.82) is 0 Å². The van der Waals surface area contributed by atoms with E-state index in [2.05, 4.69) is 23.1 Å². The molecule has 0 radical (unpaired) electrons. The van der Waals surface area contributed by atoms with Crippen LogP contribution in [0.2, 0.25) is 0 Å². The van der Waals surface area contributed by atoms with Gasteiger partial charge in [0.2, 0.25) is 0 Å². The first kappa shape index (κ1) is 40.9. The molecule has 3 rings (SSSR count). The van der Waals surface area contributed by atoms with Crippen LogP contribution < -0.4 is 5.32 Å². The van der Waals surface area contributed by atoms with Crippen molar-refractivity contribution in [3.63, 3.8) is 0 Å². The fourth-order valence-electron chi connectivity index (χ4n) is 7.72. The zero-order valence-electron chi connectivity index (χ0n) is 31.2. The Morgan fingerprint density at radius 2 is 1.72 bits per heavy atom. The molecule has 3 aliphatic rings. The number of fused-ring (bicyclic) bond motifs is 1. The summed E-state index contributed by atoms with van der Waals surface area (Å²) >= 11 is 0. The molecule has 0 aliphatic carbocycles. The minimum atomic E-state index is -1.43. The highest BCUT2D eigenvalue weighted by Crippen LogP contribution is 2.40. The highest BCUT2D eigenvalue weighted by molar-refractivity contribution is 6.00. The van der Waals surface area contributed by atoms with Gasteiger partial charge in [0.05, 0.1) is 29.9 Å². The van der Waals surface area contributed by atoms with Gasteiger partial charge in [-0.15, -0.1) is 6.42 Å². The Labute approximate surface area is 296 Å². The number of rotatable bonds is 7. The Bertz CT molecular complexity index is 1400. The van der Waals surface area contributed by atoms with Crippen molar-refractivity contribution in [1.82, 2.24) is 10.2 Å². The van der Waals surface area contributed by atoms with Crippen LogP contribution in [0.4, 0.5) is 4.79 Å². The van der Waals surface area contributed by atoms with Crippen molar-refractivity contribution in [3.05, 3.63) is 0 Å². The molecule has 3 aliphatic heterocycles. The van der Waals surface area contributed by atoms with Gasteiger partial charge in [-0.1, -0.05) is 33.6 Å². The van der Waals surface area contributed by atoms with Crippen molar-refractivity contribution in [2.75, 3.05) is 20.7 Å². The quantitative estimate of drug-likeness (QED) is 0.179. The zero-order chi connectivity index (χ0) is 37.7. The number of alkyl carbamates (subject to hydrolysis) is 1. The summed E-state index contributed by atoms with van der Waals surface area (Å²) in [6.45, 7) is 14.6. The number of nitrogens with zero attached hydrogens (tertiary/aromatic N) is 1. The summed E-state index contributed by atoms with van der Waals surface area (Å²) in [4.78, 5) is 69.1. The van der Waals surface area contributed by atoms with Crippen LogP contribution in [-0.4, -0.2) is 109 Å². The number of Topliss-reactive ketones (excluding diaryl/α,β-unsaturated/α-hetero) is 2. The summed E-state index contributed by atoms with van der Waals surface area (Å²) in [6, 6.07) is -1.15. The van der Waals surface area contributed by atoms with Gasteiger partial charge in [-0.25, -0.2) is 4.79 Å². The molecule has 13 atom stereocenters. The van der Waals surface area contributed by atoms with Crippen LogP contribution in [0, 0.1) is 47.9 Å². The molecule has 0 bridgehead atoms. The van der Waals surface area contributed by atoms with Crippen LogP contribution in [0.15, 0.2) is 0 Å². The van der Waals surface area contributed by atoms with Gasteiger partial charge in [0, 0.05) is 24.7 Å². The number of terminal acetylenes is 1. The fourth-order valence-corrected chi connectivity index (χ4v) is 7.72. The Kier molecular flexibility index (Phi) is 13.7. The van der Waals surface area contributed by atoms with Crippen LogP contribution >= 0.6 is 0 Å². The molecular weight excluding hydrogens is 648 g/mol. The lowest BCUT2D eigenvalue weighted by Gasteiger charge is -2.47. The van der Waals surface area contributed by atoms with Gasteiger partial charge in [-0.2, -0.15) is 0 Å². The number of ketones is 2. The van der Waals surface area contributed by atoms with Crippen LogP contribution in [0.25, 0.3) is 0 Å². The smallest absolute Gasteiger partial charge is 0.408 e. The molecule has 50 heavy (non-hydrogen) atoms. The highest BCUT2D eigenvalue weighted by atomic mass is 16.7. The molecule has 13 heteroatoms. The van der Waals surface area contributed by atoms with E-state index in [-0.39, 0.29) is 37.4 Å². The van der Waals surface area contributed by atoms with E-state index in [9.17, 15) is 24.0 Å². The fraction of sp³-hybridized carbons (Fsp3) is 0.757. The second-order valence-electron chi connectivity index (χ2n) is 14.5. The van der Waals surface area contributed by atoms with Crippen LogP contribution in [-0.2, 0) is 47.6 Å². The minimum Gasteiger partial charge on any atom is -0.458 e. The van der Waals surface area contributed by atoms with Gasteiger partial charge >= 0.3 is 18.0 Å². The lowest BCUT2D eigenvalue weighted by atomic mass is 9.73. The van der Waals surface area contributed by atoms with E-state index in [1.165, 1.54) is 13.8 Å². The summed E-state index contributed by atoms with van der Waals surface area (Å²) in [5, 5.41) is 2.76. The van der Waals surface area contributed by atoms with E-state index in [1.54, 1.807) is 41.5 Å². The Morgan fingerprint density at radius 1 is 1.06 bits per heavy atom. The number of hydrogen-bond donors (Lipinski definition) is 1. The predicted octanol–water partition coefficient (Wildman–Crippen LogP) is 3.06. The molecule has 0 aromatic rings. The maximum absolute atomic E-state index is 14.3. The van der Waals surface area contributed by atoms with Crippen molar-refractivity contribution in [2.45, 2.75) is 136 Å². The largest absolute Gasteiger partial charge is 0.458 e. The Morgan fingerprint density at radius 3 is 2.30 bits per heavy atom. The van der Waals surface area contributed by atoms with Crippen molar-refractivity contribution in [3.8, 4) is 24.2 Å². The minimum absolute atomic E-state index is 0.0298. The lowest BCUT2D eigenvalue weighted by Crippen LogP contribution is -2.61. The number of amides is 1. The van der Waals surface area contributed by atoms with Crippen LogP contribution in [0.5, 0.6) is 0 Å². The monoisotopic (exact) mass is 702 g/mol. The first-order valence-electron chi connectivity index (χ1n) is 17.3. The van der Waals surface area contributed by atoms with E-state index in [1.807, 2.05) is 25.9 Å². The number of ether oxygens (including phenoxy) is 6. The van der Waals surface area contributed by atoms with E-state index in [0.29, 0.717) is 6.42 Å². The zero-order valence-corrected chi connectivity index (χ0v) is 31.2. The molecule has 0 aromatic heterocycles. The number of carbonyl (C=O) groups is 5. The average Bonchev–Trinajstić information content (AvgIpc) is 3.36. The van der Waals surface area contributed by atoms with E-state index < -0.39 is 89.3 Å². The standard InChI is InChI=1S/C37H54N2O11/c1-13-15-16-17-45-36(9)19-20(3)28(41)22(5)31-37(10,50-35(44)38-31)27(14-2)48-33(43)24(7)29(42)23(6)32(36)49-34-30(47-25(8)40)26(39(11)12)18-21(4)46-34/h1,20-24,26-27,30-32,34H,14,17-19H2,2-12H3,(H,38,44)/t20-,21-,22+,23+,24-,26+,27-,30-,31-,32-,34+,36+,37-/m1/s1. The third-order valence-corrected chi connectivity index (χ3v) is 10.4. The van der Waals surface area contributed by atoms with Crippen molar-refractivity contribution >= 4 is 29.6 Å². The molecule has 0 saturated carbocycles. The Balaban J connectivity index is 2.21. The molecular formula is C37H54N2O11. The van der Waals surface area contributed by atoms with E-state index >= 15 is 0 Å². The molecule has 0 aromatic carbocycles. The summed E-state index contributed by atoms with van der Waals surface area (Å²) in [5.41, 5.74) is -2.82. The summed E-state index contributed by atoms with van der Waals surface area (Å²) in [7, 11) is 3.71. The first-order valence-corrected chi connectivity index (χ1v) is 17.3. The molecule has 0 unspecified atom stereocenters. The SMILES string of the molecule is C#CC#CCO[C@@]1(C)C[C@@H](C)C(=O)[C@H](C)[C@H]2NC(=O)O[C@]2(C)[C@@H](CC)OC(=O)[C@H](C)C(=O)[C@H](C)[C@H]1O[C@@H]1O[C@H](C)C[C@H](N(C)C)[C@H]1OC(C)=O. The number of carbonyl (C=O) groups excluding carboxylic acids is 5. The first-order chi connectivity index (χ1) is 23.3. The maximum Gasteiger partial charge on any atom is 0.408 e. The second kappa shape index (κ2) is 16.7. The molecule has 3 fully saturated rings. The third kappa shape index (κ3) is 8.86. The van der Waals surface area contributed by atoms with Gasteiger partial charge in [0.1, 0.15) is 24.4 Å². The van der Waals surface area contributed by atoms with E-state index in [4.69, 9.17) is 34.8 Å². The second-order valence-corrected chi connectivity index (χ2v) is 14.5. The number of hydrogen-bond acceptors (Lipinski definition) is 12. The average molecular weight is 703 g/mol. The Hall–Kier alpha value is -3.49. The number of likely N-dealkylation sites (N-methyl/N-ethyl adjacent to an activating group) is 1. The van der Waals surface area contributed by atoms with Crippen LogP contribution in [0.3, 0.4) is 0 Å². The third-order valence-electron chi connectivity index (χ3n) is 10.4. The number of cyclic esters (lactones) is 1. The molecule has 3 saturated heterocycles. The molecule has 3 heterocycles. The van der Waals surface area contributed by atoms with Gasteiger partial charge in [-0.3, -0.25) is 19.2 Å². The molecule has 278 valence electrons. The summed E-state index contributed by atoms with van der Waals surface area (Å²) in [5.74, 6) is 1.58. The summed E-state index contributed by atoms with van der Waals surface area (Å²) in [6.07, 6.45) is 0.924. The van der Waals surface area contributed by atoms with E-state index in [0.717, 1.165) is 0 Å². The van der Waals surface area contributed by atoms with Gasteiger partial charge in [0.25, 0.3) is 0 Å². The topological polar surface area (TPSA) is 156 Å². The number of esters is 2. The lowest BCUT2D eigenvalue weighted by molar-refractivity contribution is -0.299. The van der Waals surface area contributed by atoms with Gasteiger partial charge < -0.3 is 38.6 Å². The molecule has 1 N–H and O–H groups in total. The predicted molar refractivity (Wildman–Crippen MR) is 181 cm³/mol. The maximum atomic E-state index is 14.3.